The zero-order valence-corrected chi connectivity index (χ0v) is 19.4. The Balaban J connectivity index is 1.43. The maximum absolute atomic E-state index is 12.3. The number of carbonyl (C=O) groups excluding carboxylic acids is 1. The molecule has 1 N–H and O–H groups in total. The van der Waals surface area contributed by atoms with Crippen LogP contribution in [0, 0.1) is 6.92 Å². The summed E-state index contributed by atoms with van der Waals surface area (Å²) in [7, 11) is 0. The predicted molar refractivity (Wildman–Crippen MR) is 133 cm³/mol. The molecule has 5 rings (SSSR count). The van der Waals surface area contributed by atoms with Gasteiger partial charge in [-0.15, -0.1) is 5.10 Å². The molecule has 1 fully saturated rings. The van der Waals surface area contributed by atoms with Crippen LogP contribution in [0.5, 0.6) is 0 Å². The van der Waals surface area contributed by atoms with Crippen LogP contribution in [0.1, 0.15) is 16.8 Å². The number of amides is 1. The lowest BCUT2D eigenvalue weighted by Crippen LogP contribution is -2.19. The molecule has 0 bridgehead atoms. The minimum absolute atomic E-state index is 0.231. The van der Waals surface area contributed by atoms with Crippen LogP contribution >= 0.6 is 23.4 Å². The third kappa shape index (κ3) is 4.54. The van der Waals surface area contributed by atoms with Crippen molar-refractivity contribution in [1.82, 2.24) is 29.9 Å². The highest BCUT2D eigenvalue weighted by Crippen LogP contribution is 2.26. The predicted octanol–water partition coefficient (Wildman–Crippen LogP) is 4.01. The Bertz CT molecular complexity index is 1420. The van der Waals surface area contributed by atoms with Crippen LogP contribution in [0.15, 0.2) is 82.4 Å². The number of amidine groups is 1. The van der Waals surface area contributed by atoms with Crippen LogP contribution in [0.3, 0.4) is 0 Å². The second-order valence-corrected chi connectivity index (χ2v) is 8.64. The third-order valence-corrected chi connectivity index (χ3v) is 6.02. The molecule has 3 heterocycles. The molecule has 9 nitrogen and oxygen atoms in total. The standard InChI is InChI=1S/C23H17ClN8OS/c1-15-19(22(31-14-25-13-27-31)32(30-15)18-5-3-2-4-6-18)12-26-29-23-28-21(33)20(34-23)11-16-7-9-17(24)10-8-16/h2-14H,1H3,(H,28,29,33)/b20-11-,26-12+. The zero-order chi connectivity index (χ0) is 23.5. The summed E-state index contributed by atoms with van der Waals surface area (Å²) >= 11 is 7.14. The first kappa shape index (κ1) is 21.8. The molecule has 1 aliphatic heterocycles. The van der Waals surface area contributed by atoms with Crippen LogP contribution in [-0.2, 0) is 4.79 Å². The van der Waals surface area contributed by atoms with Crippen LogP contribution < -0.4 is 5.32 Å². The van der Waals surface area contributed by atoms with Crippen molar-refractivity contribution in [2.45, 2.75) is 6.92 Å². The van der Waals surface area contributed by atoms with Gasteiger partial charge < -0.3 is 0 Å². The Morgan fingerprint density at radius 3 is 2.65 bits per heavy atom. The number of nitrogens with one attached hydrogen (secondary N) is 1. The van der Waals surface area contributed by atoms with Crippen molar-refractivity contribution in [3.63, 3.8) is 0 Å². The number of benzene rings is 2. The van der Waals surface area contributed by atoms with Gasteiger partial charge in [0, 0.05) is 5.02 Å². The van der Waals surface area contributed by atoms with E-state index in [-0.39, 0.29) is 5.91 Å². The van der Waals surface area contributed by atoms with Crippen molar-refractivity contribution in [1.29, 1.82) is 0 Å². The third-order valence-electron chi connectivity index (χ3n) is 4.87. The van der Waals surface area contributed by atoms with Gasteiger partial charge in [-0.1, -0.05) is 41.9 Å². The maximum Gasteiger partial charge on any atom is 0.264 e. The molecule has 0 atom stereocenters. The quantitative estimate of drug-likeness (QED) is 0.260. The molecule has 2 aromatic heterocycles. The minimum atomic E-state index is -0.231. The number of para-hydroxylation sites is 1. The molecular formula is C23H17ClN8OS. The maximum atomic E-state index is 12.3. The first-order valence-corrected chi connectivity index (χ1v) is 11.4. The molecule has 1 aliphatic rings. The molecule has 0 aliphatic carbocycles. The van der Waals surface area contributed by atoms with Gasteiger partial charge in [0.05, 0.1) is 28.1 Å². The smallest absolute Gasteiger partial charge is 0.264 e. The lowest BCUT2D eigenvalue weighted by Gasteiger charge is -2.07. The van der Waals surface area contributed by atoms with Crippen molar-refractivity contribution in [2.24, 2.45) is 10.2 Å². The van der Waals surface area contributed by atoms with Crippen molar-refractivity contribution in [2.75, 3.05) is 0 Å². The van der Waals surface area contributed by atoms with E-state index in [1.165, 1.54) is 18.1 Å². The highest BCUT2D eigenvalue weighted by Gasteiger charge is 2.24. The Morgan fingerprint density at radius 1 is 1.12 bits per heavy atom. The summed E-state index contributed by atoms with van der Waals surface area (Å²) < 4.78 is 3.40. The van der Waals surface area contributed by atoms with E-state index in [1.54, 1.807) is 40.1 Å². The number of hydrogen-bond acceptors (Lipinski definition) is 7. The Labute approximate surface area is 203 Å². The first-order chi connectivity index (χ1) is 16.6. The molecule has 0 unspecified atom stereocenters. The number of halogens is 1. The molecule has 2 aromatic carbocycles. The van der Waals surface area contributed by atoms with Gasteiger partial charge in [-0.25, -0.2) is 14.3 Å². The summed E-state index contributed by atoms with van der Waals surface area (Å²) in [6.07, 6.45) is 6.43. The van der Waals surface area contributed by atoms with E-state index in [1.807, 2.05) is 49.4 Å². The minimum Gasteiger partial charge on any atom is -0.299 e. The number of aromatic nitrogens is 5. The summed E-state index contributed by atoms with van der Waals surface area (Å²) in [5.41, 5.74) is 3.21. The summed E-state index contributed by atoms with van der Waals surface area (Å²) in [5, 5.41) is 21.1. The van der Waals surface area contributed by atoms with Gasteiger partial charge in [0.15, 0.2) is 11.0 Å². The molecule has 4 aromatic rings. The van der Waals surface area contributed by atoms with Gasteiger partial charge >= 0.3 is 0 Å². The highest BCUT2D eigenvalue weighted by molar-refractivity contribution is 8.18. The Morgan fingerprint density at radius 2 is 1.91 bits per heavy atom. The molecule has 168 valence electrons. The van der Waals surface area contributed by atoms with Crippen molar-refractivity contribution in [3.8, 4) is 11.5 Å². The number of thioether (sulfide) groups is 1. The fourth-order valence-electron chi connectivity index (χ4n) is 3.29. The Kier molecular flexibility index (Phi) is 6.07. The van der Waals surface area contributed by atoms with Crippen molar-refractivity contribution in [3.05, 3.63) is 94.0 Å². The van der Waals surface area contributed by atoms with Crippen molar-refractivity contribution < 1.29 is 4.79 Å². The van der Waals surface area contributed by atoms with Gasteiger partial charge in [-0.05, 0) is 54.6 Å². The molecular weight excluding hydrogens is 472 g/mol. The fourth-order valence-corrected chi connectivity index (χ4v) is 4.19. The number of carbonyl (C=O) groups is 1. The summed E-state index contributed by atoms with van der Waals surface area (Å²) in [6, 6.07) is 16.9. The van der Waals surface area contributed by atoms with E-state index in [0.717, 1.165) is 22.5 Å². The van der Waals surface area contributed by atoms with Gasteiger partial charge in [-0.2, -0.15) is 15.3 Å². The van der Waals surface area contributed by atoms with Gasteiger partial charge in [0.25, 0.3) is 5.91 Å². The lowest BCUT2D eigenvalue weighted by molar-refractivity contribution is -0.115. The van der Waals surface area contributed by atoms with Gasteiger partial charge in [0.1, 0.15) is 12.7 Å². The Hall–Kier alpha value is -4.02. The molecule has 0 saturated carbocycles. The fraction of sp³-hybridized carbons (Fsp3) is 0.0435. The first-order valence-electron chi connectivity index (χ1n) is 10.2. The summed E-state index contributed by atoms with van der Waals surface area (Å²) in [4.78, 5) is 16.9. The molecule has 11 heteroatoms. The summed E-state index contributed by atoms with van der Waals surface area (Å²) in [6.45, 7) is 1.88. The topological polar surface area (TPSA) is 102 Å². The van der Waals surface area contributed by atoms with Gasteiger partial charge in [-0.3, -0.25) is 10.1 Å². The molecule has 1 amide bonds. The van der Waals surface area contributed by atoms with E-state index in [0.29, 0.717) is 20.9 Å². The van der Waals surface area contributed by atoms with E-state index < -0.39 is 0 Å². The highest BCUT2D eigenvalue weighted by atomic mass is 35.5. The SMILES string of the molecule is Cc1nn(-c2ccccc2)c(-n2cncn2)c1/C=N/N=C1/NC(=O)/C(=C/c2ccc(Cl)cc2)S1. The molecule has 0 radical (unpaired) electrons. The normalized spacial score (nSPS) is 16.1. The van der Waals surface area contributed by atoms with Crippen LogP contribution in [-0.4, -0.2) is 41.8 Å². The largest absolute Gasteiger partial charge is 0.299 e. The van der Waals surface area contributed by atoms with Crippen molar-refractivity contribution >= 4 is 46.7 Å². The second-order valence-electron chi connectivity index (χ2n) is 7.18. The number of rotatable bonds is 5. The zero-order valence-electron chi connectivity index (χ0n) is 17.8. The molecule has 1 saturated heterocycles. The number of nitrogens with zero attached hydrogens (tertiary/aromatic N) is 7. The van der Waals surface area contributed by atoms with Crippen LogP contribution in [0.2, 0.25) is 5.02 Å². The van der Waals surface area contributed by atoms with E-state index >= 15 is 0 Å². The average Bonchev–Trinajstić information content (AvgIpc) is 3.56. The van der Waals surface area contributed by atoms with Crippen LogP contribution in [0.4, 0.5) is 0 Å². The molecule has 0 spiro atoms. The second kappa shape index (κ2) is 9.46. The number of hydrogen-bond donors (Lipinski definition) is 1. The van der Waals surface area contributed by atoms with E-state index in [4.69, 9.17) is 11.6 Å². The number of aryl methyl sites for hydroxylation is 1. The van der Waals surface area contributed by atoms with E-state index in [2.05, 4.69) is 30.7 Å². The molecule has 34 heavy (non-hydrogen) atoms. The summed E-state index contributed by atoms with van der Waals surface area (Å²) in [5.74, 6) is 0.446. The van der Waals surface area contributed by atoms with Crippen LogP contribution in [0.25, 0.3) is 17.6 Å². The average molecular weight is 489 g/mol. The van der Waals surface area contributed by atoms with Gasteiger partial charge in [0.2, 0.25) is 0 Å². The monoisotopic (exact) mass is 488 g/mol. The van der Waals surface area contributed by atoms with E-state index in [9.17, 15) is 4.79 Å². The lowest BCUT2D eigenvalue weighted by atomic mass is 10.2.